The monoisotopic (exact) mass is 492 g/mol. The minimum absolute atomic E-state index is 0.195. The lowest BCUT2D eigenvalue weighted by Crippen LogP contribution is -2.10. The van der Waals surface area contributed by atoms with Crippen LogP contribution in [0.3, 0.4) is 0 Å². The molecular formula is C28H38Cl2O3. The number of carbonyl (C=O) groups is 1. The van der Waals surface area contributed by atoms with Crippen LogP contribution in [0.25, 0.3) is 0 Å². The van der Waals surface area contributed by atoms with Gasteiger partial charge in [-0.25, -0.2) is 0 Å². The van der Waals surface area contributed by atoms with Gasteiger partial charge in [0, 0.05) is 10.0 Å². The molecule has 2 aromatic carbocycles. The van der Waals surface area contributed by atoms with Crippen LogP contribution in [0.1, 0.15) is 88.7 Å². The first kappa shape index (κ1) is 27.5. The average Bonchev–Trinajstić information content (AvgIpc) is 2.80. The minimum Gasteiger partial charge on any atom is -0.493 e. The molecule has 0 aliphatic rings. The molecule has 0 spiro atoms. The van der Waals surface area contributed by atoms with Crippen molar-refractivity contribution in [2.24, 2.45) is 0 Å². The Morgan fingerprint density at radius 3 is 2.06 bits per heavy atom. The van der Waals surface area contributed by atoms with Gasteiger partial charge in [-0.1, -0.05) is 106 Å². The van der Waals surface area contributed by atoms with Crippen LogP contribution in [-0.4, -0.2) is 19.2 Å². The third kappa shape index (κ3) is 12.4. The number of hydrogen-bond donors (Lipinski definition) is 0. The van der Waals surface area contributed by atoms with Crippen molar-refractivity contribution in [1.82, 2.24) is 0 Å². The van der Waals surface area contributed by atoms with Crippen LogP contribution < -0.4 is 4.74 Å². The van der Waals surface area contributed by atoms with E-state index in [4.69, 9.17) is 32.7 Å². The molecule has 0 unspecified atom stereocenters. The third-order valence-electron chi connectivity index (χ3n) is 5.67. The summed E-state index contributed by atoms with van der Waals surface area (Å²) in [6, 6.07) is 13.4. The molecule has 33 heavy (non-hydrogen) atoms. The summed E-state index contributed by atoms with van der Waals surface area (Å²) in [4.78, 5) is 11.9. The Labute approximate surface area is 209 Å². The molecule has 2 rings (SSSR count). The molecular weight excluding hydrogens is 455 g/mol. The number of unbranched alkanes of at least 4 members (excludes halogenated alkanes) is 9. The van der Waals surface area contributed by atoms with Crippen LogP contribution in [0.4, 0.5) is 0 Å². The van der Waals surface area contributed by atoms with Gasteiger partial charge in [0.1, 0.15) is 5.75 Å². The van der Waals surface area contributed by atoms with Gasteiger partial charge < -0.3 is 9.47 Å². The molecule has 5 heteroatoms. The molecule has 0 amide bonds. The van der Waals surface area contributed by atoms with E-state index in [0.717, 1.165) is 36.1 Å². The normalized spacial score (nSPS) is 10.9. The lowest BCUT2D eigenvalue weighted by atomic mass is 10.0. The quantitative estimate of drug-likeness (QED) is 0.163. The van der Waals surface area contributed by atoms with Crippen molar-refractivity contribution in [2.45, 2.75) is 84.0 Å². The summed E-state index contributed by atoms with van der Waals surface area (Å²) in [5.41, 5.74) is 2.15. The van der Waals surface area contributed by atoms with Crippen LogP contribution in [0.2, 0.25) is 10.0 Å². The van der Waals surface area contributed by atoms with Crippen LogP contribution in [-0.2, 0) is 16.0 Å². The Hall–Kier alpha value is -1.71. The molecule has 0 aromatic heterocycles. The predicted molar refractivity (Wildman–Crippen MR) is 139 cm³/mol. The minimum atomic E-state index is -0.195. The summed E-state index contributed by atoms with van der Waals surface area (Å²) < 4.78 is 11.0. The van der Waals surface area contributed by atoms with Crippen molar-refractivity contribution in [1.29, 1.82) is 0 Å². The molecule has 0 atom stereocenters. The topological polar surface area (TPSA) is 35.5 Å². The van der Waals surface area contributed by atoms with Gasteiger partial charge in [0.05, 0.1) is 19.6 Å². The third-order valence-corrected chi connectivity index (χ3v) is 6.26. The molecule has 0 fully saturated rings. The highest BCUT2D eigenvalue weighted by molar-refractivity contribution is 6.35. The second-order valence-corrected chi connectivity index (χ2v) is 9.40. The summed E-state index contributed by atoms with van der Waals surface area (Å²) in [6.07, 6.45) is 13.7. The van der Waals surface area contributed by atoms with E-state index in [9.17, 15) is 4.79 Å². The molecule has 0 heterocycles. The van der Waals surface area contributed by atoms with E-state index in [1.165, 1.54) is 51.4 Å². The summed E-state index contributed by atoms with van der Waals surface area (Å²) in [7, 11) is 0. The molecule has 0 N–H and O–H groups in total. The summed E-state index contributed by atoms with van der Waals surface area (Å²) in [5.74, 6) is 0.545. The van der Waals surface area contributed by atoms with Gasteiger partial charge in [0.15, 0.2) is 0 Å². The number of hydrogen-bond acceptors (Lipinski definition) is 3. The molecule has 0 radical (unpaired) electrons. The first-order valence-corrected chi connectivity index (χ1v) is 13.2. The number of ether oxygens (including phenoxy) is 2. The fraction of sp³-hybridized carbons (Fsp3) is 0.536. The Morgan fingerprint density at radius 1 is 0.788 bits per heavy atom. The Morgan fingerprint density at radius 2 is 1.42 bits per heavy atom. The fourth-order valence-electron chi connectivity index (χ4n) is 3.69. The Bertz CT molecular complexity index is 805. The summed E-state index contributed by atoms with van der Waals surface area (Å²) in [5, 5.41) is 1.30. The zero-order valence-corrected chi connectivity index (χ0v) is 21.4. The van der Waals surface area contributed by atoms with Crippen molar-refractivity contribution in [3.8, 4) is 5.75 Å². The van der Waals surface area contributed by atoms with Gasteiger partial charge >= 0.3 is 5.97 Å². The molecule has 182 valence electrons. The maximum absolute atomic E-state index is 11.9. The molecule has 2 aromatic rings. The number of halogens is 2. The first-order chi connectivity index (χ1) is 16.1. The van der Waals surface area contributed by atoms with Crippen molar-refractivity contribution in [2.75, 3.05) is 13.2 Å². The fourth-order valence-corrected chi connectivity index (χ4v) is 4.16. The van der Waals surface area contributed by atoms with E-state index in [1.54, 1.807) is 6.07 Å². The average molecular weight is 494 g/mol. The standard InChI is InChI=1S/C28H38Cl2O3/c1-2-3-4-5-6-7-8-9-10-11-19-33-28(31)18-20-32-26-16-12-23(13-17-26)21-24-14-15-25(29)22-27(24)30/h12-17,22H,2-11,18-21H2,1H3. The molecule has 0 aliphatic carbocycles. The summed E-state index contributed by atoms with van der Waals surface area (Å²) in [6.45, 7) is 3.08. The van der Waals surface area contributed by atoms with Crippen molar-refractivity contribution >= 4 is 29.2 Å². The second-order valence-electron chi connectivity index (χ2n) is 8.56. The Balaban J connectivity index is 1.50. The van der Waals surface area contributed by atoms with Gasteiger partial charge in [-0.2, -0.15) is 0 Å². The zero-order chi connectivity index (χ0) is 23.7. The number of rotatable bonds is 17. The van der Waals surface area contributed by atoms with Gasteiger partial charge in [0.2, 0.25) is 0 Å². The van der Waals surface area contributed by atoms with E-state index in [2.05, 4.69) is 6.92 Å². The van der Waals surface area contributed by atoms with E-state index in [-0.39, 0.29) is 12.4 Å². The van der Waals surface area contributed by atoms with Crippen molar-refractivity contribution in [3.05, 3.63) is 63.6 Å². The number of carbonyl (C=O) groups excluding carboxylic acids is 1. The van der Waals surface area contributed by atoms with Gasteiger partial charge in [-0.3, -0.25) is 4.79 Å². The molecule has 0 bridgehead atoms. The van der Waals surface area contributed by atoms with Gasteiger partial charge in [0.25, 0.3) is 0 Å². The van der Waals surface area contributed by atoms with E-state index in [0.29, 0.717) is 23.3 Å². The van der Waals surface area contributed by atoms with E-state index >= 15 is 0 Å². The van der Waals surface area contributed by atoms with Crippen molar-refractivity contribution < 1.29 is 14.3 Å². The largest absolute Gasteiger partial charge is 0.493 e. The number of benzene rings is 2. The maximum Gasteiger partial charge on any atom is 0.309 e. The zero-order valence-electron chi connectivity index (χ0n) is 19.9. The molecule has 0 saturated heterocycles. The molecule has 0 saturated carbocycles. The smallest absolute Gasteiger partial charge is 0.309 e. The van der Waals surface area contributed by atoms with Crippen LogP contribution in [0.15, 0.2) is 42.5 Å². The summed E-state index contributed by atoms with van der Waals surface area (Å²) >= 11 is 12.2. The van der Waals surface area contributed by atoms with Crippen LogP contribution >= 0.6 is 23.2 Å². The van der Waals surface area contributed by atoms with Gasteiger partial charge in [-0.15, -0.1) is 0 Å². The molecule has 3 nitrogen and oxygen atoms in total. The van der Waals surface area contributed by atoms with Crippen LogP contribution in [0, 0.1) is 0 Å². The predicted octanol–water partition coefficient (Wildman–Crippen LogP) is 8.82. The number of esters is 1. The Kier molecular flexibility index (Phi) is 14.0. The highest BCUT2D eigenvalue weighted by Crippen LogP contribution is 2.24. The van der Waals surface area contributed by atoms with E-state index in [1.807, 2.05) is 36.4 Å². The first-order valence-electron chi connectivity index (χ1n) is 12.4. The lowest BCUT2D eigenvalue weighted by molar-refractivity contribution is -0.144. The van der Waals surface area contributed by atoms with Crippen LogP contribution in [0.5, 0.6) is 5.75 Å². The van der Waals surface area contributed by atoms with Gasteiger partial charge in [-0.05, 0) is 48.2 Å². The van der Waals surface area contributed by atoms with Crippen molar-refractivity contribution in [3.63, 3.8) is 0 Å². The highest BCUT2D eigenvalue weighted by Gasteiger charge is 2.06. The SMILES string of the molecule is CCCCCCCCCCCCOC(=O)CCOc1ccc(Cc2ccc(Cl)cc2Cl)cc1. The molecule has 0 aliphatic heterocycles. The lowest BCUT2D eigenvalue weighted by Gasteiger charge is -2.09. The highest BCUT2D eigenvalue weighted by atomic mass is 35.5. The van der Waals surface area contributed by atoms with E-state index < -0.39 is 0 Å². The second kappa shape index (κ2) is 16.8. The maximum atomic E-state index is 11.9.